The van der Waals surface area contributed by atoms with Crippen LogP contribution in [-0.4, -0.2) is 48.6 Å². The molecule has 0 radical (unpaired) electrons. The summed E-state index contributed by atoms with van der Waals surface area (Å²) in [6.07, 6.45) is 1.57. The molecule has 2 aromatic heterocycles. The number of carbonyl (C=O) groups is 1. The van der Waals surface area contributed by atoms with Crippen LogP contribution in [0.1, 0.15) is 27.7 Å². The number of amides is 1. The molecule has 3 rings (SSSR count). The monoisotopic (exact) mass is 419 g/mol. The number of hydrogen-bond acceptors (Lipinski definition) is 5. The van der Waals surface area contributed by atoms with Crippen molar-refractivity contribution < 1.29 is 19.0 Å². The maximum absolute atomic E-state index is 12.8. The zero-order valence-corrected chi connectivity index (χ0v) is 19.6. The molecule has 7 nitrogen and oxygen atoms in total. The van der Waals surface area contributed by atoms with E-state index in [-0.39, 0.29) is 12.1 Å². The Hall–Kier alpha value is -2.06. The van der Waals surface area contributed by atoms with Crippen LogP contribution >= 0.6 is 0 Å². The van der Waals surface area contributed by atoms with Gasteiger partial charge >= 0.3 is 6.09 Å². The van der Waals surface area contributed by atoms with Gasteiger partial charge in [0.2, 0.25) is 5.88 Å². The molecule has 0 saturated heterocycles. The van der Waals surface area contributed by atoms with Gasteiger partial charge < -0.3 is 18.8 Å². The van der Waals surface area contributed by atoms with Crippen molar-refractivity contribution in [2.45, 2.75) is 71.8 Å². The number of nitrogens with zero attached hydrogens (tertiary/aromatic N) is 3. The van der Waals surface area contributed by atoms with E-state index in [9.17, 15) is 4.79 Å². The molecule has 1 amide bonds. The molecule has 1 aliphatic heterocycles. The Balaban J connectivity index is 1.83. The lowest BCUT2D eigenvalue weighted by atomic mass is 10.2. The fourth-order valence-corrected chi connectivity index (χ4v) is 3.87. The molecule has 0 spiro atoms. The van der Waals surface area contributed by atoms with Crippen molar-refractivity contribution in [3.05, 3.63) is 18.3 Å². The molecule has 0 N–H and O–H groups in total. The summed E-state index contributed by atoms with van der Waals surface area (Å²) in [7, 11) is -1.11. The summed E-state index contributed by atoms with van der Waals surface area (Å²) >= 11 is 0. The molecule has 8 heteroatoms. The number of ether oxygens (including phenoxy) is 3. The molecule has 29 heavy (non-hydrogen) atoms. The van der Waals surface area contributed by atoms with E-state index in [2.05, 4.69) is 24.6 Å². The summed E-state index contributed by atoms with van der Waals surface area (Å²) in [6.45, 7) is 16.1. The third-order valence-electron chi connectivity index (χ3n) is 4.66. The third-order valence-corrected chi connectivity index (χ3v) is 6.37. The summed E-state index contributed by atoms with van der Waals surface area (Å²) in [5.41, 5.74) is 0.863. The van der Waals surface area contributed by atoms with Crippen molar-refractivity contribution in [1.29, 1.82) is 0 Å². The van der Waals surface area contributed by atoms with Crippen LogP contribution in [-0.2, 0) is 16.2 Å². The molecule has 1 unspecified atom stereocenters. The van der Waals surface area contributed by atoms with Gasteiger partial charge in [0.1, 0.15) is 30.3 Å². The maximum atomic E-state index is 12.8. The van der Waals surface area contributed by atoms with Crippen LogP contribution in [0, 0.1) is 0 Å². The Kier molecular flexibility index (Phi) is 5.96. The van der Waals surface area contributed by atoms with Crippen LogP contribution in [0.5, 0.6) is 5.88 Å². The van der Waals surface area contributed by atoms with E-state index in [4.69, 9.17) is 14.2 Å². The summed E-state index contributed by atoms with van der Waals surface area (Å²) in [6, 6.07) is 4.91. The van der Waals surface area contributed by atoms with Crippen molar-refractivity contribution in [2.75, 3.05) is 18.1 Å². The quantitative estimate of drug-likeness (QED) is 0.511. The van der Waals surface area contributed by atoms with Crippen molar-refractivity contribution in [1.82, 2.24) is 9.55 Å². The number of hydrogen-bond donors (Lipinski definition) is 0. The average Bonchev–Trinajstić information content (AvgIpc) is 2.96. The van der Waals surface area contributed by atoms with Gasteiger partial charge in [-0.25, -0.2) is 4.79 Å². The molecule has 1 atom stereocenters. The van der Waals surface area contributed by atoms with E-state index in [1.54, 1.807) is 4.90 Å². The number of aromatic nitrogens is 2. The van der Waals surface area contributed by atoms with E-state index < -0.39 is 13.7 Å². The molecule has 2 aromatic rings. The highest BCUT2D eigenvalue weighted by atomic mass is 28.3. The van der Waals surface area contributed by atoms with E-state index in [0.717, 1.165) is 23.7 Å². The predicted molar refractivity (Wildman–Crippen MR) is 118 cm³/mol. The second-order valence-corrected chi connectivity index (χ2v) is 15.5. The van der Waals surface area contributed by atoms with Crippen molar-refractivity contribution in [3.63, 3.8) is 0 Å². The largest absolute Gasteiger partial charge is 0.474 e. The molecular weight excluding hydrogens is 386 g/mol. The van der Waals surface area contributed by atoms with Gasteiger partial charge in [-0.05, 0) is 45.9 Å². The normalized spacial score (nSPS) is 17.2. The van der Waals surface area contributed by atoms with Gasteiger partial charge in [0.05, 0.1) is 6.04 Å². The lowest BCUT2D eigenvalue weighted by molar-refractivity contribution is 0.0546. The molecule has 3 heterocycles. The van der Waals surface area contributed by atoms with E-state index >= 15 is 0 Å². The first-order valence-electron chi connectivity index (χ1n) is 10.2. The molecule has 0 bridgehead atoms. The molecule has 0 saturated carbocycles. The topological polar surface area (TPSA) is 65.8 Å². The molecule has 1 aliphatic rings. The van der Waals surface area contributed by atoms with Crippen LogP contribution in [0.2, 0.25) is 25.7 Å². The SMILES string of the molecule is CC1COc2nc3c(ccn3COCC[Si](C)(C)C)cc2N1C(=O)OC(C)(C)C. The van der Waals surface area contributed by atoms with Crippen LogP contribution in [0.3, 0.4) is 0 Å². The lowest BCUT2D eigenvalue weighted by Gasteiger charge is -2.35. The van der Waals surface area contributed by atoms with Gasteiger partial charge in [-0.2, -0.15) is 4.98 Å². The smallest absolute Gasteiger partial charge is 0.415 e. The Bertz CT molecular complexity index is 882. The number of fused-ring (bicyclic) bond motifs is 2. The summed E-state index contributed by atoms with van der Waals surface area (Å²) < 4.78 is 19.3. The Morgan fingerprint density at radius 3 is 2.72 bits per heavy atom. The Labute approximate surface area is 173 Å². The highest BCUT2D eigenvalue weighted by Gasteiger charge is 2.34. The van der Waals surface area contributed by atoms with E-state index in [1.165, 1.54) is 0 Å². The van der Waals surface area contributed by atoms with E-state index in [0.29, 0.717) is 24.9 Å². The van der Waals surface area contributed by atoms with Crippen LogP contribution < -0.4 is 9.64 Å². The van der Waals surface area contributed by atoms with Crippen LogP contribution in [0.15, 0.2) is 18.3 Å². The predicted octanol–water partition coefficient (Wildman–Crippen LogP) is 4.87. The Morgan fingerprint density at radius 1 is 1.34 bits per heavy atom. The fourth-order valence-electron chi connectivity index (χ4n) is 3.11. The molecule has 160 valence electrons. The first kappa shape index (κ1) is 21.6. The van der Waals surface area contributed by atoms with Gasteiger partial charge in [0.25, 0.3) is 0 Å². The minimum Gasteiger partial charge on any atom is -0.474 e. The standard InChI is InChI=1S/C21H33N3O4Si/c1-15-13-27-19-17(24(15)20(25)28-21(2,3)4)12-16-8-9-23(18(16)22-19)14-26-10-11-29(5,6)7/h8-9,12,15H,10-11,13-14H2,1-7H3. The zero-order chi connectivity index (χ0) is 21.4. The van der Waals surface area contributed by atoms with Crippen molar-refractivity contribution in [3.8, 4) is 5.88 Å². The minimum absolute atomic E-state index is 0.136. The minimum atomic E-state index is -1.11. The third kappa shape index (κ3) is 5.30. The first-order chi connectivity index (χ1) is 13.4. The summed E-state index contributed by atoms with van der Waals surface area (Å²) in [4.78, 5) is 19.1. The Morgan fingerprint density at radius 2 is 2.07 bits per heavy atom. The second-order valence-electron chi connectivity index (χ2n) is 9.87. The van der Waals surface area contributed by atoms with Gasteiger partial charge in [-0.3, -0.25) is 4.90 Å². The number of rotatable bonds is 5. The second kappa shape index (κ2) is 7.99. The molecule has 0 aromatic carbocycles. The fraction of sp³-hybridized carbons (Fsp3) is 0.619. The molecule has 0 aliphatic carbocycles. The molecular formula is C21H33N3O4Si. The maximum Gasteiger partial charge on any atom is 0.415 e. The summed E-state index contributed by atoms with van der Waals surface area (Å²) in [5, 5.41) is 0.934. The van der Waals surface area contributed by atoms with Gasteiger partial charge in [-0.15, -0.1) is 0 Å². The van der Waals surface area contributed by atoms with Gasteiger partial charge in [-0.1, -0.05) is 19.6 Å². The van der Waals surface area contributed by atoms with E-state index in [1.807, 2.05) is 50.6 Å². The average molecular weight is 420 g/mol. The van der Waals surface area contributed by atoms with Gasteiger partial charge in [0.15, 0.2) is 0 Å². The van der Waals surface area contributed by atoms with Crippen LogP contribution in [0.4, 0.5) is 10.5 Å². The number of carbonyl (C=O) groups excluding carboxylic acids is 1. The highest BCUT2D eigenvalue weighted by molar-refractivity contribution is 6.76. The van der Waals surface area contributed by atoms with Crippen LogP contribution in [0.25, 0.3) is 11.0 Å². The number of pyridine rings is 1. The lowest BCUT2D eigenvalue weighted by Crippen LogP contribution is -2.47. The zero-order valence-electron chi connectivity index (χ0n) is 18.6. The number of anilines is 1. The molecule has 0 fully saturated rings. The van der Waals surface area contributed by atoms with Crippen molar-refractivity contribution >= 4 is 30.9 Å². The van der Waals surface area contributed by atoms with Gasteiger partial charge in [0, 0.05) is 26.3 Å². The first-order valence-corrected chi connectivity index (χ1v) is 13.9. The highest BCUT2D eigenvalue weighted by Crippen LogP contribution is 2.36. The summed E-state index contributed by atoms with van der Waals surface area (Å²) in [5.74, 6) is 0.448. The van der Waals surface area contributed by atoms with Crippen molar-refractivity contribution in [2.24, 2.45) is 0 Å².